The molecule has 0 fully saturated rings. The summed E-state index contributed by atoms with van der Waals surface area (Å²) in [5, 5.41) is 18.2. The number of aromatic amines is 1. The topological polar surface area (TPSA) is 56.2 Å². The summed E-state index contributed by atoms with van der Waals surface area (Å²) >= 11 is 0. The van der Waals surface area contributed by atoms with E-state index in [1.807, 2.05) is 13.8 Å². The lowest BCUT2D eigenvalue weighted by atomic mass is 10.1. The predicted molar refractivity (Wildman–Crippen MR) is 42.8 cm³/mol. The molecule has 0 bridgehead atoms. The summed E-state index contributed by atoms with van der Waals surface area (Å²) in [7, 11) is 0. The molecule has 0 amide bonds. The van der Waals surface area contributed by atoms with Gasteiger partial charge in [0.1, 0.15) is 5.75 Å². The Morgan fingerprint density at radius 2 is 2.18 bits per heavy atom. The minimum absolute atomic E-state index is 0.0257. The fourth-order valence-electron chi connectivity index (χ4n) is 1.03. The number of aromatic hydroxyl groups is 2. The molecule has 1 aromatic heterocycles. The SMILES string of the molecule is CCC(C)c1[nH]c(O)cc1O. The smallest absolute Gasteiger partial charge is 0.192 e. The van der Waals surface area contributed by atoms with Crippen LogP contribution in [0.15, 0.2) is 6.07 Å². The standard InChI is InChI=1S/C8H13NO2/c1-3-5(2)8-6(10)4-7(11)9-8/h4-5,9-11H,3H2,1-2H3. The highest BCUT2D eigenvalue weighted by Crippen LogP contribution is 2.30. The molecule has 0 saturated heterocycles. The zero-order chi connectivity index (χ0) is 8.43. The Bertz CT molecular complexity index is 242. The van der Waals surface area contributed by atoms with Gasteiger partial charge in [0.2, 0.25) is 0 Å². The Morgan fingerprint density at radius 3 is 2.55 bits per heavy atom. The van der Waals surface area contributed by atoms with Gasteiger partial charge in [-0.05, 0) is 12.3 Å². The number of aromatic nitrogens is 1. The lowest BCUT2D eigenvalue weighted by molar-refractivity contribution is 0.452. The van der Waals surface area contributed by atoms with Gasteiger partial charge in [0.15, 0.2) is 5.88 Å². The second kappa shape index (κ2) is 2.86. The van der Waals surface area contributed by atoms with Crippen LogP contribution in [0.2, 0.25) is 0 Å². The van der Waals surface area contributed by atoms with E-state index in [9.17, 15) is 5.11 Å². The summed E-state index contributed by atoms with van der Waals surface area (Å²) in [6, 6.07) is 1.32. The maximum Gasteiger partial charge on any atom is 0.192 e. The molecule has 1 rings (SSSR count). The number of H-pyrrole nitrogens is 1. The molecule has 62 valence electrons. The second-order valence-corrected chi connectivity index (χ2v) is 2.76. The van der Waals surface area contributed by atoms with Gasteiger partial charge in [-0.25, -0.2) is 0 Å². The van der Waals surface area contributed by atoms with Gasteiger partial charge < -0.3 is 15.2 Å². The van der Waals surface area contributed by atoms with E-state index in [1.54, 1.807) is 0 Å². The Labute approximate surface area is 65.7 Å². The maximum atomic E-state index is 9.24. The largest absolute Gasteiger partial charge is 0.506 e. The van der Waals surface area contributed by atoms with Gasteiger partial charge in [0.25, 0.3) is 0 Å². The molecule has 1 aromatic rings. The molecule has 1 heterocycles. The van der Waals surface area contributed by atoms with Crippen molar-refractivity contribution in [2.24, 2.45) is 0 Å². The average Bonchev–Trinajstić information content (AvgIpc) is 2.28. The van der Waals surface area contributed by atoms with Gasteiger partial charge in [-0.15, -0.1) is 0 Å². The highest BCUT2D eigenvalue weighted by atomic mass is 16.3. The zero-order valence-corrected chi connectivity index (χ0v) is 6.76. The molecular formula is C8H13NO2. The highest BCUT2D eigenvalue weighted by molar-refractivity contribution is 5.35. The molecule has 3 N–H and O–H groups in total. The van der Waals surface area contributed by atoms with Crippen LogP contribution >= 0.6 is 0 Å². The monoisotopic (exact) mass is 155 g/mol. The van der Waals surface area contributed by atoms with Crippen LogP contribution in [0.3, 0.4) is 0 Å². The lowest BCUT2D eigenvalue weighted by Gasteiger charge is -2.05. The molecule has 0 aromatic carbocycles. The normalized spacial score (nSPS) is 13.3. The summed E-state index contributed by atoms with van der Waals surface area (Å²) in [5.74, 6) is 0.436. The highest BCUT2D eigenvalue weighted by Gasteiger charge is 2.11. The van der Waals surface area contributed by atoms with Crippen molar-refractivity contribution in [3.05, 3.63) is 11.8 Å². The average molecular weight is 155 g/mol. The molecule has 0 aliphatic carbocycles. The van der Waals surface area contributed by atoms with Crippen LogP contribution in [0.5, 0.6) is 11.6 Å². The summed E-state index contributed by atoms with van der Waals surface area (Å²) in [6.45, 7) is 4.02. The van der Waals surface area contributed by atoms with Crippen LogP contribution in [0.4, 0.5) is 0 Å². The van der Waals surface area contributed by atoms with Crippen LogP contribution in [0, 0.1) is 0 Å². The molecule has 11 heavy (non-hydrogen) atoms. The number of rotatable bonds is 2. The summed E-state index contributed by atoms with van der Waals surface area (Å²) in [4.78, 5) is 2.70. The quantitative estimate of drug-likeness (QED) is 0.611. The Kier molecular flexibility index (Phi) is 2.08. The number of hydrogen-bond acceptors (Lipinski definition) is 2. The summed E-state index contributed by atoms with van der Waals surface area (Å²) in [6.07, 6.45) is 0.938. The van der Waals surface area contributed by atoms with Gasteiger partial charge in [0, 0.05) is 6.07 Å². The van der Waals surface area contributed by atoms with Gasteiger partial charge in [-0.3, -0.25) is 0 Å². The predicted octanol–water partition coefficient (Wildman–Crippen LogP) is 1.94. The van der Waals surface area contributed by atoms with Crippen LogP contribution in [0.1, 0.15) is 31.9 Å². The van der Waals surface area contributed by atoms with E-state index >= 15 is 0 Å². The van der Waals surface area contributed by atoms with Crippen molar-refractivity contribution < 1.29 is 10.2 Å². The van der Waals surface area contributed by atoms with Gasteiger partial charge in [-0.2, -0.15) is 0 Å². The Morgan fingerprint density at radius 1 is 1.55 bits per heavy atom. The van der Waals surface area contributed by atoms with E-state index in [0.29, 0.717) is 5.69 Å². The lowest BCUT2D eigenvalue weighted by Crippen LogP contribution is -1.90. The molecule has 0 saturated carbocycles. The van der Waals surface area contributed by atoms with Crippen molar-refractivity contribution in [2.45, 2.75) is 26.2 Å². The van der Waals surface area contributed by atoms with Gasteiger partial charge in [0.05, 0.1) is 5.69 Å². The first-order valence-electron chi connectivity index (χ1n) is 3.76. The van der Waals surface area contributed by atoms with E-state index in [-0.39, 0.29) is 17.5 Å². The van der Waals surface area contributed by atoms with Crippen molar-refractivity contribution >= 4 is 0 Å². The molecule has 1 atom stereocenters. The minimum atomic E-state index is 0.0257. The maximum absolute atomic E-state index is 9.24. The third kappa shape index (κ3) is 1.48. The molecule has 3 heteroatoms. The van der Waals surface area contributed by atoms with E-state index in [4.69, 9.17) is 5.11 Å². The fraction of sp³-hybridized carbons (Fsp3) is 0.500. The first-order chi connectivity index (χ1) is 5.15. The molecule has 0 aliphatic heterocycles. The zero-order valence-electron chi connectivity index (χ0n) is 6.76. The molecule has 0 aliphatic rings. The van der Waals surface area contributed by atoms with Crippen molar-refractivity contribution in [3.8, 4) is 11.6 Å². The van der Waals surface area contributed by atoms with Crippen LogP contribution in [0.25, 0.3) is 0 Å². The van der Waals surface area contributed by atoms with Crippen molar-refractivity contribution in [1.82, 2.24) is 4.98 Å². The summed E-state index contributed by atoms with van der Waals surface area (Å²) in [5.41, 5.74) is 0.713. The molecule has 0 spiro atoms. The fourth-order valence-corrected chi connectivity index (χ4v) is 1.03. The van der Waals surface area contributed by atoms with Gasteiger partial charge >= 0.3 is 0 Å². The number of nitrogens with one attached hydrogen (secondary N) is 1. The minimum Gasteiger partial charge on any atom is -0.506 e. The first-order valence-corrected chi connectivity index (χ1v) is 3.76. The third-order valence-corrected chi connectivity index (χ3v) is 1.92. The van der Waals surface area contributed by atoms with Crippen molar-refractivity contribution in [1.29, 1.82) is 0 Å². The van der Waals surface area contributed by atoms with Crippen LogP contribution in [-0.2, 0) is 0 Å². The Hall–Kier alpha value is -1.12. The van der Waals surface area contributed by atoms with E-state index in [0.717, 1.165) is 6.42 Å². The van der Waals surface area contributed by atoms with Crippen LogP contribution < -0.4 is 0 Å². The van der Waals surface area contributed by atoms with Gasteiger partial charge in [-0.1, -0.05) is 13.8 Å². The molecular weight excluding hydrogens is 142 g/mol. The summed E-state index contributed by atoms with van der Waals surface area (Å²) < 4.78 is 0. The molecule has 1 unspecified atom stereocenters. The van der Waals surface area contributed by atoms with E-state index in [2.05, 4.69) is 4.98 Å². The van der Waals surface area contributed by atoms with E-state index in [1.165, 1.54) is 6.07 Å². The third-order valence-electron chi connectivity index (χ3n) is 1.92. The Balaban J connectivity index is 2.93. The molecule has 3 nitrogen and oxygen atoms in total. The second-order valence-electron chi connectivity index (χ2n) is 2.76. The first kappa shape index (κ1) is 7.98. The van der Waals surface area contributed by atoms with Crippen LogP contribution in [-0.4, -0.2) is 15.2 Å². The van der Waals surface area contributed by atoms with E-state index < -0.39 is 0 Å². The van der Waals surface area contributed by atoms with Crippen molar-refractivity contribution in [2.75, 3.05) is 0 Å². The van der Waals surface area contributed by atoms with Crippen molar-refractivity contribution in [3.63, 3.8) is 0 Å². The number of hydrogen-bond donors (Lipinski definition) is 3. The molecule has 0 radical (unpaired) electrons.